The topological polar surface area (TPSA) is 116 Å². The molecule has 0 unspecified atom stereocenters. The van der Waals surface area contributed by atoms with Gasteiger partial charge >= 0.3 is 7.82 Å². The van der Waals surface area contributed by atoms with Crippen LogP contribution >= 0.6 is 7.82 Å². The Kier molecular flexibility index (Phi) is 20.4. The first-order chi connectivity index (χ1) is 15.3. The van der Waals surface area contributed by atoms with Gasteiger partial charge in [0.1, 0.15) is 0 Å². The van der Waals surface area contributed by atoms with Gasteiger partial charge in [0.2, 0.25) is 5.91 Å². The maximum absolute atomic E-state index is 12.1. The van der Waals surface area contributed by atoms with E-state index in [9.17, 15) is 14.5 Å². The fraction of sp³-hybridized carbons (Fsp3) is 0.875. The Morgan fingerprint density at radius 3 is 1.91 bits per heavy atom. The highest BCUT2D eigenvalue weighted by molar-refractivity contribution is 7.46. The third-order valence-electron chi connectivity index (χ3n) is 5.50. The monoisotopic (exact) mass is 477 g/mol. The minimum atomic E-state index is -4.68. The molecule has 0 aliphatic heterocycles. The molecule has 8 heteroatoms. The van der Waals surface area contributed by atoms with Crippen LogP contribution < -0.4 is 5.32 Å². The van der Waals surface area contributed by atoms with E-state index in [1.807, 2.05) is 13.0 Å². The van der Waals surface area contributed by atoms with Gasteiger partial charge in [0.15, 0.2) is 0 Å². The first kappa shape index (κ1) is 31.3. The first-order valence-electron chi connectivity index (χ1n) is 12.6. The first-order valence-corrected chi connectivity index (χ1v) is 14.2. The van der Waals surface area contributed by atoms with Gasteiger partial charge in [-0.3, -0.25) is 9.32 Å². The van der Waals surface area contributed by atoms with E-state index < -0.39 is 26.6 Å². The number of nitrogens with one attached hydrogen (secondary N) is 1. The van der Waals surface area contributed by atoms with Gasteiger partial charge in [0.05, 0.1) is 18.8 Å². The fourth-order valence-electron chi connectivity index (χ4n) is 3.51. The molecule has 0 aliphatic carbocycles. The molecule has 0 saturated carbocycles. The van der Waals surface area contributed by atoms with Crippen molar-refractivity contribution >= 4 is 13.7 Å². The van der Waals surface area contributed by atoms with Crippen molar-refractivity contribution in [1.82, 2.24) is 5.32 Å². The van der Waals surface area contributed by atoms with Crippen LogP contribution in [0.3, 0.4) is 0 Å². The van der Waals surface area contributed by atoms with Crippen LogP contribution in [0.1, 0.15) is 117 Å². The molecule has 0 bridgehead atoms. The van der Waals surface area contributed by atoms with E-state index in [0.29, 0.717) is 6.42 Å². The van der Waals surface area contributed by atoms with Crippen LogP contribution in [0, 0.1) is 0 Å². The average molecular weight is 478 g/mol. The molecular weight excluding hydrogens is 429 g/mol. The predicted octanol–water partition coefficient (Wildman–Crippen LogP) is 5.78. The molecule has 0 aromatic rings. The number of aliphatic hydroxyl groups excluding tert-OH is 1. The number of carbonyl (C=O) groups excluding carboxylic acids is 1. The molecule has 190 valence electrons. The van der Waals surface area contributed by atoms with Crippen LogP contribution in [0.4, 0.5) is 0 Å². The van der Waals surface area contributed by atoms with Crippen molar-refractivity contribution in [2.75, 3.05) is 6.61 Å². The molecule has 0 spiro atoms. The summed E-state index contributed by atoms with van der Waals surface area (Å²) in [7, 11) is -4.68. The van der Waals surface area contributed by atoms with E-state index in [-0.39, 0.29) is 5.91 Å². The predicted molar refractivity (Wildman–Crippen MR) is 130 cm³/mol. The lowest BCUT2D eigenvalue weighted by Gasteiger charge is -2.22. The van der Waals surface area contributed by atoms with Gasteiger partial charge in [-0.05, 0) is 19.3 Å². The maximum atomic E-state index is 12.1. The molecule has 4 N–H and O–H groups in total. The Bertz CT molecular complexity index is 523. The number of unbranched alkanes of at least 4 members (excludes halogenated alkanes) is 13. The lowest BCUT2D eigenvalue weighted by molar-refractivity contribution is -0.123. The van der Waals surface area contributed by atoms with E-state index in [2.05, 4.69) is 16.8 Å². The molecule has 1 amide bonds. The average Bonchev–Trinajstić information content (AvgIpc) is 2.73. The number of carbonyl (C=O) groups is 1. The van der Waals surface area contributed by atoms with Gasteiger partial charge in [0.25, 0.3) is 0 Å². The zero-order valence-corrected chi connectivity index (χ0v) is 21.2. The smallest absolute Gasteiger partial charge is 0.387 e. The lowest BCUT2D eigenvalue weighted by Crippen LogP contribution is -2.45. The molecule has 7 nitrogen and oxygen atoms in total. The van der Waals surface area contributed by atoms with Gasteiger partial charge in [-0.1, -0.05) is 103 Å². The van der Waals surface area contributed by atoms with Gasteiger partial charge in [-0.2, -0.15) is 0 Å². The van der Waals surface area contributed by atoms with Crippen LogP contribution in [0.25, 0.3) is 0 Å². The van der Waals surface area contributed by atoms with Gasteiger partial charge in [-0.25, -0.2) is 4.57 Å². The lowest BCUT2D eigenvalue weighted by atomic mass is 10.0. The third kappa shape index (κ3) is 21.1. The van der Waals surface area contributed by atoms with Crippen LogP contribution in [-0.4, -0.2) is 39.6 Å². The summed E-state index contributed by atoms with van der Waals surface area (Å²) >= 11 is 0. The van der Waals surface area contributed by atoms with Crippen molar-refractivity contribution < 1.29 is 28.8 Å². The number of phosphoric acid groups is 1. The molecule has 0 heterocycles. The van der Waals surface area contributed by atoms with Crippen molar-refractivity contribution in [2.45, 2.75) is 129 Å². The standard InChI is InChI=1S/C24H48NO6P/c1-3-5-7-8-9-10-11-12-13-14-15-16-18-19-23(26)22(21-31-32(28,29)30)25-24(27)20-17-6-4-2/h18-19,22-23,26H,3-17,20-21H2,1-2H3,(H,25,27)(H2,28,29,30)/b19-18+/t22-,23+/m0/s1. The fourth-order valence-corrected chi connectivity index (χ4v) is 3.87. The number of hydrogen-bond donors (Lipinski definition) is 4. The zero-order chi connectivity index (χ0) is 24.1. The Labute approximate surface area is 195 Å². The Morgan fingerprint density at radius 1 is 0.875 bits per heavy atom. The van der Waals surface area contributed by atoms with Crippen LogP contribution in [0.15, 0.2) is 12.2 Å². The molecule has 0 radical (unpaired) electrons. The van der Waals surface area contributed by atoms with Crippen LogP contribution in [0.2, 0.25) is 0 Å². The number of rotatable bonds is 22. The van der Waals surface area contributed by atoms with E-state index >= 15 is 0 Å². The van der Waals surface area contributed by atoms with Crippen molar-refractivity contribution in [3.8, 4) is 0 Å². The van der Waals surface area contributed by atoms with E-state index in [1.54, 1.807) is 6.08 Å². The van der Waals surface area contributed by atoms with Crippen LogP contribution in [0.5, 0.6) is 0 Å². The number of hydrogen-bond acceptors (Lipinski definition) is 4. The summed E-state index contributed by atoms with van der Waals surface area (Å²) in [6, 6.07) is -0.898. The Balaban J connectivity index is 4.11. The highest BCUT2D eigenvalue weighted by Gasteiger charge is 2.24. The summed E-state index contributed by atoms with van der Waals surface area (Å²) in [6.07, 6.45) is 20.2. The molecule has 0 fully saturated rings. The van der Waals surface area contributed by atoms with Crippen molar-refractivity contribution in [3.05, 3.63) is 12.2 Å². The second-order valence-electron chi connectivity index (χ2n) is 8.66. The number of phosphoric ester groups is 1. The maximum Gasteiger partial charge on any atom is 0.469 e. The second kappa shape index (κ2) is 20.9. The summed E-state index contributed by atoms with van der Waals surface area (Å²) in [5.74, 6) is -0.254. The van der Waals surface area contributed by atoms with Crippen LogP contribution in [-0.2, 0) is 13.9 Å². The number of allylic oxidation sites excluding steroid dienone is 1. The molecule has 0 saturated heterocycles. The summed E-state index contributed by atoms with van der Waals surface area (Å²) < 4.78 is 15.5. The molecule has 0 aromatic heterocycles. The molecule has 2 atom stereocenters. The summed E-state index contributed by atoms with van der Waals surface area (Å²) in [4.78, 5) is 29.9. The van der Waals surface area contributed by atoms with Crippen molar-refractivity contribution in [3.63, 3.8) is 0 Å². The Morgan fingerprint density at radius 2 is 1.38 bits per heavy atom. The SMILES string of the molecule is CCCCCCCCCCCCC/C=C/[C@@H](O)[C@H](COP(=O)(O)O)NC(=O)CCCCC. The van der Waals surface area contributed by atoms with Gasteiger partial charge in [-0.15, -0.1) is 0 Å². The third-order valence-corrected chi connectivity index (χ3v) is 5.98. The highest BCUT2D eigenvalue weighted by atomic mass is 31.2. The minimum absolute atomic E-state index is 0.254. The normalized spacial score (nSPS) is 14.0. The minimum Gasteiger partial charge on any atom is -0.387 e. The molecule has 0 aromatic carbocycles. The zero-order valence-electron chi connectivity index (χ0n) is 20.3. The summed E-state index contributed by atoms with van der Waals surface area (Å²) in [6.45, 7) is 3.83. The van der Waals surface area contributed by atoms with Crippen molar-refractivity contribution in [2.24, 2.45) is 0 Å². The Hall–Kier alpha value is -0.720. The number of aliphatic hydroxyl groups is 1. The van der Waals surface area contributed by atoms with Crippen molar-refractivity contribution in [1.29, 1.82) is 0 Å². The molecular formula is C24H48NO6P. The quantitative estimate of drug-likeness (QED) is 0.0892. The number of amides is 1. The van der Waals surface area contributed by atoms with Gasteiger partial charge < -0.3 is 20.2 Å². The molecule has 0 aliphatic rings. The van der Waals surface area contributed by atoms with E-state index in [4.69, 9.17) is 9.79 Å². The largest absolute Gasteiger partial charge is 0.469 e. The van der Waals surface area contributed by atoms with E-state index in [0.717, 1.165) is 38.5 Å². The van der Waals surface area contributed by atoms with Gasteiger partial charge in [0, 0.05) is 6.42 Å². The summed E-state index contributed by atoms with van der Waals surface area (Å²) in [5, 5.41) is 13.0. The highest BCUT2D eigenvalue weighted by Crippen LogP contribution is 2.35. The molecule has 0 rings (SSSR count). The molecule has 32 heavy (non-hydrogen) atoms. The second-order valence-corrected chi connectivity index (χ2v) is 9.90. The summed E-state index contributed by atoms with van der Waals surface area (Å²) in [5.41, 5.74) is 0. The van der Waals surface area contributed by atoms with E-state index in [1.165, 1.54) is 57.8 Å².